The van der Waals surface area contributed by atoms with Crippen LogP contribution in [0.4, 0.5) is 33.3 Å². The molecule has 0 saturated carbocycles. The van der Waals surface area contributed by atoms with E-state index in [1.165, 1.54) is 50.4 Å². The highest BCUT2D eigenvalue weighted by molar-refractivity contribution is 7.92. The molecule has 1 unspecified atom stereocenters. The van der Waals surface area contributed by atoms with Crippen LogP contribution in [0.3, 0.4) is 0 Å². The molecule has 2 amide bonds. The van der Waals surface area contributed by atoms with Crippen LogP contribution in [0.1, 0.15) is 29.3 Å². The molecule has 46 heavy (non-hydrogen) atoms. The number of sulfone groups is 1. The molecule has 4 aromatic rings. The van der Waals surface area contributed by atoms with Crippen molar-refractivity contribution in [1.82, 2.24) is 0 Å². The number of ether oxygens (including phenoxy) is 2. The van der Waals surface area contributed by atoms with Crippen LogP contribution < -0.4 is 20.1 Å². The molecule has 0 saturated heterocycles. The molecule has 0 aromatic heterocycles. The van der Waals surface area contributed by atoms with Gasteiger partial charge in [-0.1, -0.05) is 24.6 Å². The number of carbonyl (C=O) groups is 2. The van der Waals surface area contributed by atoms with Crippen molar-refractivity contribution < 1.29 is 54.5 Å². The highest BCUT2D eigenvalue weighted by atomic mass is 32.2. The van der Waals surface area contributed by atoms with Gasteiger partial charge in [0.2, 0.25) is 11.7 Å². The molecule has 4 aromatic carbocycles. The number of aryl methyl sites for hydroxylation is 1. The number of amides is 2. The van der Waals surface area contributed by atoms with Crippen molar-refractivity contribution >= 4 is 33.0 Å². The Bertz CT molecular complexity index is 1890. The van der Waals surface area contributed by atoms with Crippen molar-refractivity contribution in [3.8, 4) is 23.0 Å². The first-order valence-corrected chi connectivity index (χ1v) is 14.9. The lowest BCUT2D eigenvalue weighted by Gasteiger charge is -2.19. The number of methoxy groups -OCH3 is 1. The Labute approximate surface area is 259 Å². The van der Waals surface area contributed by atoms with Gasteiger partial charge in [0, 0.05) is 12.1 Å². The fraction of sp³-hybridized carbons (Fsp3) is 0.161. The molecule has 1 atom stereocenters. The quantitative estimate of drug-likeness (QED) is 0.0750. The van der Waals surface area contributed by atoms with E-state index in [4.69, 9.17) is 9.47 Å². The van der Waals surface area contributed by atoms with Crippen molar-refractivity contribution in [3.05, 3.63) is 101 Å². The van der Waals surface area contributed by atoms with Gasteiger partial charge in [-0.25, -0.2) is 30.4 Å². The number of hydrogen-bond acceptors (Lipinski definition) is 7. The summed E-state index contributed by atoms with van der Waals surface area (Å²) in [5.41, 5.74) is -1.95. The number of rotatable bonds is 10. The minimum atomic E-state index is -4.19. The summed E-state index contributed by atoms with van der Waals surface area (Å²) >= 11 is 0. The van der Waals surface area contributed by atoms with Crippen LogP contribution >= 0.6 is 0 Å². The first-order valence-electron chi connectivity index (χ1n) is 13.3. The number of carbonyl (C=O) groups excluding carboxylic acids is 2. The third-order valence-corrected chi connectivity index (χ3v) is 8.94. The zero-order chi connectivity index (χ0) is 33.9. The van der Waals surface area contributed by atoms with Crippen molar-refractivity contribution in [2.24, 2.45) is 0 Å². The highest BCUT2D eigenvalue weighted by Crippen LogP contribution is 2.39. The topological polar surface area (TPSA) is 131 Å². The number of aromatic hydroxyl groups is 1. The average Bonchev–Trinajstić information content (AvgIpc) is 3.02. The SMILES string of the molecule is CCC(C(=O)Nc1cc(Oc2ccc(OC)cc2)c(NC(=O)c2c(F)c(F)c(F)c(F)c2F)cc1O)S(=O)(=O)c1ccc(C)cc1. The first kappa shape index (κ1) is 33.7. The van der Waals surface area contributed by atoms with Crippen LogP contribution in [-0.4, -0.2) is 37.7 Å². The lowest BCUT2D eigenvalue weighted by Crippen LogP contribution is -2.34. The molecule has 0 aliphatic heterocycles. The second kappa shape index (κ2) is 13.4. The Kier molecular flexibility index (Phi) is 9.85. The molecule has 4 rings (SSSR count). The molecular formula is C31H25F5N2O7S. The molecule has 9 nitrogen and oxygen atoms in total. The summed E-state index contributed by atoms with van der Waals surface area (Å²) < 4.78 is 107. The molecule has 3 N–H and O–H groups in total. The number of hydrogen-bond donors (Lipinski definition) is 3. The Morgan fingerprint density at radius 2 is 1.35 bits per heavy atom. The van der Waals surface area contributed by atoms with Crippen LogP contribution in [0.2, 0.25) is 0 Å². The minimum absolute atomic E-state index is 0.0730. The predicted molar refractivity (Wildman–Crippen MR) is 156 cm³/mol. The van der Waals surface area contributed by atoms with E-state index in [9.17, 15) is 45.1 Å². The van der Waals surface area contributed by atoms with E-state index in [-0.39, 0.29) is 17.1 Å². The van der Waals surface area contributed by atoms with Gasteiger partial charge in [-0.3, -0.25) is 9.59 Å². The lowest BCUT2D eigenvalue weighted by molar-refractivity contribution is -0.115. The third kappa shape index (κ3) is 6.73. The Morgan fingerprint density at radius 3 is 1.89 bits per heavy atom. The zero-order valence-corrected chi connectivity index (χ0v) is 25.1. The summed E-state index contributed by atoms with van der Waals surface area (Å²) in [6.07, 6.45) is -0.159. The Balaban J connectivity index is 1.73. The number of phenolic OH excluding ortho intramolecular Hbond substituents is 1. The standard InChI is InChI=1S/C31H25F5N2O7S/c1-4-23(46(42,43)18-11-5-15(2)6-12-18)30(40)37-19-14-22(45-17-9-7-16(44-3)8-10-17)20(13-21(19)39)38-31(41)24-25(32)27(34)29(36)28(35)26(24)33/h5-14,23,39H,4H2,1-3H3,(H,37,40)(H,38,41). The normalized spacial score (nSPS) is 11.9. The van der Waals surface area contributed by atoms with E-state index in [1.807, 2.05) is 5.32 Å². The highest BCUT2D eigenvalue weighted by Gasteiger charge is 2.34. The molecule has 0 aliphatic carbocycles. The Hall–Kier alpha value is -5.18. The van der Waals surface area contributed by atoms with E-state index in [1.54, 1.807) is 19.1 Å². The molecular weight excluding hydrogens is 639 g/mol. The van der Waals surface area contributed by atoms with Crippen LogP contribution in [-0.2, 0) is 14.6 Å². The summed E-state index contributed by atoms with van der Waals surface area (Å²) in [4.78, 5) is 25.9. The van der Waals surface area contributed by atoms with Crippen molar-refractivity contribution in [1.29, 1.82) is 0 Å². The van der Waals surface area contributed by atoms with Gasteiger partial charge in [-0.05, 0) is 49.7 Å². The number of phenols is 1. The summed E-state index contributed by atoms with van der Waals surface area (Å²) in [5.74, 6) is -15.5. The van der Waals surface area contributed by atoms with Gasteiger partial charge in [-0.2, -0.15) is 0 Å². The fourth-order valence-corrected chi connectivity index (χ4v) is 5.89. The fourth-order valence-electron chi connectivity index (χ4n) is 4.26. The summed E-state index contributed by atoms with van der Waals surface area (Å²) in [7, 11) is -2.79. The van der Waals surface area contributed by atoms with Gasteiger partial charge in [-0.15, -0.1) is 0 Å². The number of nitrogens with one attached hydrogen (secondary N) is 2. The third-order valence-electron chi connectivity index (χ3n) is 6.72. The van der Waals surface area contributed by atoms with Gasteiger partial charge in [0.25, 0.3) is 5.91 Å². The second-order valence-electron chi connectivity index (χ2n) is 9.79. The smallest absolute Gasteiger partial charge is 0.261 e. The van der Waals surface area contributed by atoms with E-state index < -0.39 is 84.4 Å². The van der Waals surface area contributed by atoms with Crippen molar-refractivity contribution in [2.75, 3.05) is 17.7 Å². The maximum atomic E-state index is 14.3. The predicted octanol–water partition coefficient (Wildman–Crippen LogP) is 6.64. The van der Waals surface area contributed by atoms with Crippen molar-refractivity contribution in [3.63, 3.8) is 0 Å². The summed E-state index contributed by atoms with van der Waals surface area (Å²) in [6.45, 7) is 3.22. The van der Waals surface area contributed by atoms with Crippen LogP contribution in [0.15, 0.2) is 65.6 Å². The van der Waals surface area contributed by atoms with E-state index in [2.05, 4.69) is 5.32 Å². The maximum Gasteiger partial charge on any atom is 0.261 e. The average molecular weight is 665 g/mol. The largest absolute Gasteiger partial charge is 0.506 e. The molecule has 0 spiro atoms. The monoisotopic (exact) mass is 664 g/mol. The van der Waals surface area contributed by atoms with Crippen molar-refractivity contribution in [2.45, 2.75) is 30.4 Å². The Morgan fingerprint density at radius 1 is 0.804 bits per heavy atom. The maximum absolute atomic E-state index is 14.3. The molecule has 0 fully saturated rings. The zero-order valence-electron chi connectivity index (χ0n) is 24.3. The number of anilines is 2. The lowest BCUT2D eigenvalue weighted by atomic mass is 10.1. The van der Waals surface area contributed by atoms with Gasteiger partial charge in [0.15, 0.2) is 38.9 Å². The van der Waals surface area contributed by atoms with Gasteiger partial charge < -0.3 is 25.2 Å². The summed E-state index contributed by atoms with van der Waals surface area (Å²) in [5, 5.41) is 13.4. The molecule has 242 valence electrons. The van der Waals surface area contributed by atoms with Gasteiger partial charge in [0.05, 0.1) is 23.4 Å². The molecule has 0 radical (unpaired) electrons. The first-order chi connectivity index (χ1) is 21.7. The van der Waals surface area contributed by atoms with E-state index >= 15 is 0 Å². The minimum Gasteiger partial charge on any atom is -0.506 e. The van der Waals surface area contributed by atoms with Crippen LogP contribution in [0.25, 0.3) is 0 Å². The molecule has 0 heterocycles. The molecule has 15 heteroatoms. The van der Waals surface area contributed by atoms with Gasteiger partial charge in [0.1, 0.15) is 28.1 Å². The van der Waals surface area contributed by atoms with Crippen LogP contribution in [0.5, 0.6) is 23.0 Å². The van der Waals surface area contributed by atoms with Crippen LogP contribution in [0, 0.1) is 36.0 Å². The van der Waals surface area contributed by atoms with Gasteiger partial charge >= 0.3 is 0 Å². The number of benzene rings is 4. The van der Waals surface area contributed by atoms with E-state index in [0.717, 1.165) is 17.7 Å². The molecule has 0 bridgehead atoms. The second-order valence-corrected chi connectivity index (χ2v) is 11.9. The number of halogens is 5. The molecule has 0 aliphatic rings. The summed E-state index contributed by atoms with van der Waals surface area (Å²) in [6, 6.07) is 13.3. The van der Waals surface area contributed by atoms with E-state index in [0.29, 0.717) is 5.75 Å².